The summed E-state index contributed by atoms with van der Waals surface area (Å²) < 4.78 is 0. The molecule has 0 aromatic heterocycles. The molecular weight excluding hydrogens is 128 g/mol. The van der Waals surface area contributed by atoms with Crippen molar-refractivity contribution in [2.45, 2.75) is 12.5 Å². The molecule has 0 aliphatic carbocycles. The van der Waals surface area contributed by atoms with Gasteiger partial charge in [0.15, 0.2) is 0 Å². The minimum atomic E-state index is -0.535. The summed E-state index contributed by atoms with van der Waals surface area (Å²) in [7, 11) is 0. The minimum absolute atomic E-state index is 0.0880. The fourth-order valence-electron chi connectivity index (χ4n) is 0.576. The summed E-state index contributed by atoms with van der Waals surface area (Å²) in [4.78, 5) is 10.3. The van der Waals surface area contributed by atoms with Gasteiger partial charge < -0.3 is 11.1 Å². The van der Waals surface area contributed by atoms with E-state index in [2.05, 4.69) is 18.5 Å². The van der Waals surface area contributed by atoms with Crippen LogP contribution in [0.4, 0.5) is 4.79 Å². The molecule has 10 heavy (non-hydrogen) atoms. The van der Waals surface area contributed by atoms with Crippen LogP contribution in [0.25, 0.3) is 0 Å². The Morgan fingerprint density at radius 3 is 2.60 bits per heavy atom. The lowest BCUT2D eigenvalue weighted by Crippen LogP contribution is -2.36. The van der Waals surface area contributed by atoms with Crippen molar-refractivity contribution in [2.24, 2.45) is 5.73 Å². The van der Waals surface area contributed by atoms with Crippen LogP contribution in [0.5, 0.6) is 0 Å². The number of carbonyl (C=O) groups excluding carboxylic acids is 1. The van der Waals surface area contributed by atoms with Gasteiger partial charge in [0, 0.05) is 0 Å². The molecule has 2 amide bonds. The van der Waals surface area contributed by atoms with E-state index in [-0.39, 0.29) is 6.04 Å². The van der Waals surface area contributed by atoms with Gasteiger partial charge in [0.2, 0.25) is 0 Å². The van der Waals surface area contributed by atoms with E-state index in [1.165, 1.54) is 0 Å². The van der Waals surface area contributed by atoms with Gasteiger partial charge in [-0.1, -0.05) is 12.2 Å². The Balaban J connectivity index is 3.70. The highest BCUT2D eigenvalue weighted by molar-refractivity contribution is 5.72. The highest BCUT2D eigenvalue weighted by atomic mass is 16.2. The van der Waals surface area contributed by atoms with Gasteiger partial charge in [-0.05, 0) is 6.42 Å². The molecule has 0 aromatic carbocycles. The number of nitrogens with two attached hydrogens (primary N) is 1. The van der Waals surface area contributed by atoms with Crippen LogP contribution in [0.1, 0.15) is 6.42 Å². The molecule has 0 aliphatic heterocycles. The number of amides is 2. The molecule has 0 saturated heterocycles. The third-order valence-electron chi connectivity index (χ3n) is 1.03. The molecule has 1 unspecified atom stereocenters. The zero-order valence-corrected chi connectivity index (χ0v) is 5.84. The Kier molecular flexibility index (Phi) is 4.04. The zero-order valence-electron chi connectivity index (χ0n) is 5.84. The topological polar surface area (TPSA) is 55.1 Å². The largest absolute Gasteiger partial charge is 0.352 e. The van der Waals surface area contributed by atoms with Crippen molar-refractivity contribution < 1.29 is 4.79 Å². The third-order valence-corrected chi connectivity index (χ3v) is 1.03. The van der Waals surface area contributed by atoms with Crippen LogP contribution in [-0.4, -0.2) is 12.1 Å². The Labute approximate surface area is 60.6 Å². The highest BCUT2D eigenvalue weighted by Gasteiger charge is 2.01. The van der Waals surface area contributed by atoms with Crippen LogP contribution >= 0.6 is 0 Å². The van der Waals surface area contributed by atoms with Gasteiger partial charge in [-0.3, -0.25) is 0 Å². The third kappa shape index (κ3) is 3.72. The van der Waals surface area contributed by atoms with E-state index < -0.39 is 6.03 Å². The number of nitrogens with one attached hydrogen (secondary N) is 1. The Morgan fingerprint density at radius 2 is 2.30 bits per heavy atom. The summed E-state index contributed by atoms with van der Waals surface area (Å²) in [5, 5.41) is 2.48. The molecule has 0 aromatic rings. The van der Waals surface area contributed by atoms with Crippen LogP contribution in [0.3, 0.4) is 0 Å². The maximum absolute atomic E-state index is 10.3. The Morgan fingerprint density at radius 1 is 1.70 bits per heavy atom. The second kappa shape index (κ2) is 4.61. The maximum atomic E-state index is 10.3. The molecule has 3 heteroatoms. The van der Waals surface area contributed by atoms with E-state index in [0.29, 0.717) is 6.42 Å². The first-order valence-corrected chi connectivity index (χ1v) is 3.00. The average molecular weight is 140 g/mol. The van der Waals surface area contributed by atoms with Crippen LogP contribution in [0.2, 0.25) is 0 Å². The molecule has 1 atom stereocenters. The fourth-order valence-corrected chi connectivity index (χ4v) is 0.576. The van der Waals surface area contributed by atoms with E-state index in [4.69, 9.17) is 5.73 Å². The lowest BCUT2D eigenvalue weighted by Gasteiger charge is -2.08. The van der Waals surface area contributed by atoms with Gasteiger partial charge >= 0.3 is 6.03 Å². The number of urea groups is 1. The standard InChI is InChI=1S/C7H12N2O/c1-3-5-6(4-2)9-7(8)10/h3-4,6H,1-2,5H2,(H3,8,9,10). The molecule has 0 aliphatic rings. The van der Waals surface area contributed by atoms with E-state index in [1.54, 1.807) is 12.2 Å². The maximum Gasteiger partial charge on any atom is 0.312 e. The van der Waals surface area contributed by atoms with Crippen molar-refractivity contribution >= 4 is 6.03 Å². The van der Waals surface area contributed by atoms with Crippen LogP contribution < -0.4 is 11.1 Å². The van der Waals surface area contributed by atoms with Gasteiger partial charge in [0.1, 0.15) is 0 Å². The van der Waals surface area contributed by atoms with Gasteiger partial charge in [0.05, 0.1) is 6.04 Å². The monoisotopic (exact) mass is 140 g/mol. The Bertz CT molecular complexity index is 143. The second-order valence-electron chi connectivity index (χ2n) is 1.88. The van der Waals surface area contributed by atoms with Crippen molar-refractivity contribution in [3.63, 3.8) is 0 Å². The van der Waals surface area contributed by atoms with Crippen molar-refractivity contribution in [1.29, 1.82) is 0 Å². The van der Waals surface area contributed by atoms with Crippen molar-refractivity contribution in [3.8, 4) is 0 Å². The summed E-state index contributed by atoms with van der Waals surface area (Å²) >= 11 is 0. The number of primary amides is 1. The lowest BCUT2D eigenvalue weighted by molar-refractivity contribution is 0.247. The van der Waals surface area contributed by atoms with Crippen LogP contribution in [0.15, 0.2) is 25.3 Å². The smallest absolute Gasteiger partial charge is 0.312 e. The molecule has 0 radical (unpaired) electrons. The molecule has 0 fully saturated rings. The SMILES string of the molecule is C=CCC(C=C)NC(N)=O. The zero-order chi connectivity index (χ0) is 7.98. The summed E-state index contributed by atoms with van der Waals surface area (Å²) in [6.45, 7) is 7.03. The highest BCUT2D eigenvalue weighted by Crippen LogP contribution is 1.91. The molecule has 3 nitrogen and oxygen atoms in total. The predicted octanol–water partition coefficient (Wildman–Crippen LogP) is 0.785. The summed E-state index contributed by atoms with van der Waals surface area (Å²) in [6.07, 6.45) is 3.97. The van der Waals surface area contributed by atoms with E-state index >= 15 is 0 Å². The van der Waals surface area contributed by atoms with Gasteiger partial charge in [0.25, 0.3) is 0 Å². The second-order valence-corrected chi connectivity index (χ2v) is 1.88. The molecule has 0 heterocycles. The lowest BCUT2D eigenvalue weighted by atomic mass is 10.2. The van der Waals surface area contributed by atoms with Crippen LogP contribution in [0, 0.1) is 0 Å². The fraction of sp³-hybridized carbons (Fsp3) is 0.286. The molecule has 0 spiro atoms. The molecular formula is C7H12N2O. The van der Waals surface area contributed by atoms with Gasteiger partial charge in [-0.25, -0.2) is 4.79 Å². The normalized spacial score (nSPS) is 11.6. The van der Waals surface area contributed by atoms with E-state index in [0.717, 1.165) is 0 Å². The van der Waals surface area contributed by atoms with Crippen LogP contribution in [-0.2, 0) is 0 Å². The number of hydrogen-bond acceptors (Lipinski definition) is 1. The number of rotatable bonds is 4. The number of carbonyl (C=O) groups is 1. The van der Waals surface area contributed by atoms with Crippen molar-refractivity contribution in [1.82, 2.24) is 5.32 Å². The minimum Gasteiger partial charge on any atom is -0.352 e. The first-order chi connectivity index (χ1) is 4.70. The first kappa shape index (κ1) is 8.75. The molecule has 0 saturated carbocycles. The molecule has 3 N–H and O–H groups in total. The summed E-state index contributed by atoms with van der Waals surface area (Å²) in [6, 6.07) is -0.623. The van der Waals surface area contributed by atoms with Crippen molar-refractivity contribution in [2.75, 3.05) is 0 Å². The first-order valence-electron chi connectivity index (χ1n) is 3.00. The van der Waals surface area contributed by atoms with E-state index in [9.17, 15) is 4.79 Å². The van der Waals surface area contributed by atoms with E-state index in [1.807, 2.05) is 0 Å². The van der Waals surface area contributed by atoms with Gasteiger partial charge in [-0.15, -0.1) is 13.2 Å². The summed E-state index contributed by atoms with van der Waals surface area (Å²) in [5.74, 6) is 0. The molecule has 0 bridgehead atoms. The van der Waals surface area contributed by atoms with Crippen molar-refractivity contribution in [3.05, 3.63) is 25.3 Å². The summed E-state index contributed by atoms with van der Waals surface area (Å²) in [5.41, 5.74) is 4.87. The predicted molar refractivity (Wildman–Crippen MR) is 41.5 cm³/mol. The quantitative estimate of drug-likeness (QED) is 0.557. The van der Waals surface area contributed by atoms with Gasteiger partial charge in [-0.2, -0.15) is 0 Å². The molecule has 0 rings (SSSR count). The Hall–Kier alpha value is -1.25. The molecule has 56 valence electrons. The average Bonchev–Trinajstić information content (AvgIpc) is 1.86. The number of hydrogen-bond donors (Lipinski definition) is 2.